The van der Waals surface area contributed by atoms with E-state index in [2.05, 4.69) is 5.32 Å². The van der Waals surface area contributed by atoms with Gasteiger partial charge in [-0.25, -0.2) is 9.37 Å². The van der Waals surface area contributed by atoms with Crippen molar-refractivity contribution in [1.82, 2.24) is 5.32 Å². The average molecular weight is 243 g/mol. The minimum absolute atomic E-state index is 0.0224. The number of hydrogen-bond acceptors (Lipinski definition) is 4. The van der Waals surface area contributed by atoms with Gasteiger partial charge in [-0.05, 0) is 19.8 Å². The molecule has 0 aromatic rings. The van der Waals surface area contributed by atoms with E-state index in [0.717, 1.165) is 0 Å². The van der Waals surface area contributed by atoms with Crippen molar-refractivity contribution in [2.45, 2.75) is 19.8 Å². The lowest BCUT2D eigenvalue weighted by Gasteiger charge is -2.17. The first-order valence-corrected chi connectivity index (χ1v) is 5.76. The second kappa shape index (κ2) is 6.46. The standard InChI is InChI=1S/C11H18N2O4/c1-8-6-13(11(17)12-10(8)16)7-9(2-4-14)3-5-15/h6,8-9,14-15H,2-5,7H2,1H3/p+1. The third-order valence-electron chi connectivity index (χ3n) is 2.84. The van der Waals surface area contributed by atoms with Crippen molar-refractivity contribution in [3.8, 4) is 0 Å². The second-order valence-corrected chi connectivity index (χ2v) is 4.28. The normalized spacial score (nSPS) is 20.5. The number of nitrogens with zero attached hydrogens (tertiary/aromatic N) is 1. The Labute approximate surface area is 99.9 Å². The lowest BCUT2D eigenvalue weighted by molar-refractivity contribution is -0.437. The fourth-order valence-corrected chi connectivity index (χ4v) is 1.81. The summed E-state index contributed by atoms with van der Waals surface area (Å²) in [5.74, 6) is -0.601. The Bertz CT molecular complexity index is 321. The van der Waals surface area contributed by atoms with Crippen LogP contribution in [0.2, 0.25) is 0 Å². The zero-order valence-corrected chi connectivity index (χ0v) is 9.93. The van der Waals surface area contributed by atoms with E-state index in [4.69, 9.17) is 10.2 Å². The maximum Gasteiger partial charge on any atom is 0.498 e. The maximum atomic E-state index is 11.5. The number of hydrogen-bond donors (Lipinski definition) is 3. The summed E-state index contributed by atoms with van der Waals surface area (Å²) in [5.41, 5.74) is 0. The van der Waals surface area contributed by atoms with Crippen LogP contribution in [0.5, 0.6) is 0 Å². The average Bonchev–Trinajstić information content (AvgIpc) is 2.26. The first-order chi connectivity index (χ1) is 8.08. The SMILES string of the molecule is CC1C=[N+](CC(CCO)CCO)C(=O)NC1=O. The van der Waals surface area contributed by atoms with Crippen molar-refractivity contribution >= 4 is 18.2 Å². The molecule has 3 amide bonds. The van der Waals surface area contributed by atoms with Gasteiger partial charge in [-0.2, -0.15) is 10.1 Å². The van der Waals surface area contributed by atoms with Crippen LogP contribution >= 0.6 is 0 Å². The number of amides is 3. The Morgan fingerprint density at radius 3 is 2.47 bits per heavy atom. The molecule has 1 aliphatic rings. The first kappa shape index (κ1) is 13.8. The van der Waals surface area contributed by atoms with E-state index in [1.54, 1.807) is 13.1 Å². The molecule has 96 valence electrons. The number of carbonyl (C=O) groups excluding carboxylic acids is 2. The van der Waals surface area contributed by atoms with Gasteiger partial charge in [-0.1, -0.05) is 0 Å². The Morgan fingerprint density at radius 2 is 1.94 bits per heavy atom. The van der Waals surface area contributed by atoms with E-state index < -0.39 is 6.03 Å². The molecule has 0 aliphatic carbocycles. The van der Waals surface area contributed by atoms with Crippen LogP contribution in [0.4, 0.5) is 4.79 Å². The van der Waals surface area contributed by atoms with Crippen LogP contribution < -0.4 is 5.32 Å². The van der Waals surface area contributed by atoms with E-state index in [1.165, 1.54) is 4.58 Å². The molecular weight excluding hydrogens is 224 g/mol. The predicted molar refractivity (Wildman–Crippen MR) is 60.8 cm³/mol. The van der Waals surface area contributed by atoms with E-state index in [0.29, 0.717) is 19.4 Å². The molecule has 1 heterocycles. The van der Waals surface area contributed by atoms with Crippen LogP contribution in [0.1, 0.15) is 19.8 Å². The summed E-state index contributed by atoms with van der Waals surface area (Å²) in [6.45, 7) is 2.16. The summed E-state index contributed by atoms with van der Waals surface area (Å²) >= 11 is 0. The molecule has 1 unspecified atom stereocenters. The van der Waals surface area contributed by atoms with Crippen LogP contribution in [0.25, 0.3) is 0 Å². The lowest BCUT2D eigenvalue weighted by atomic mass is 10.0. The zero-order valence-electron chi connectivity index (χ0n) is 9.93. The maximum absolute atomic E-state index is 11.5. The van der Waals surface area contributed by atoms with Crippen molar-refractivity contribution in [3.63, 3.8) is 0 Å². The monoisotopic (exact) mass is 243 g/mol. The fraction of sp³-hybridized carbons (Fsp3) is 0.727. The van der Waals surface area contributed by atoms with Gasteiger partial charge in [-0.3, -0.25) is 0 Å². The van der Waals surface area contributed by atoms with E-state index in [-0.39, 0.29) is 31.0 Å². The van der Waals surface area contributed by atoms with Crippen molar-refractivity contribution in [1.29, 1.82) is 0 Å². The van der Waals surface area contributed by atoms with Crippen molar-refractivity contribution < 1.29 is 24.4 Å². The molecule has 3 N–H and O–H groups in total. The molecule has 0 aromatic heterocycles. The molecule has 0 spiro atoms. The molecule has 1 aliphatic heterocycles. The smallest absolute Gasteiger partial charge is 0.396 e. The van der Waals surface area contributed by atoms with E-state index >= 15 is 0 Å². The highest BCUT2D eigenvalue weighted by molar-refractivity contribution is 6.03. The zero-order chi connectivity index (χ0) is 12.8. The molecule has 0 aromatic carbocycles. The highest BCUT2D eigenvalue weighted by atomic mass is 16.3. The third kappa shape index (κ3) is 3.90. The highest BCUT2D eigenvalue weighted by Crippen LogP contribution is 2.09. The second-order valence-electron chi connectivity index (χ2n) is 4.28. The van der Waals surface area contributed by atoms with E-state index in [1.807, 2.05) is 0 Å². The minimum atomic E-state index is -0.436. The van der Waals surface area contributed by atoms with Crippen molar-refractivity contribution in [3.05, 3.63) is 0 Å². The van der Waals surface area contributed by atoms with Gasteiger partial charge in [0, 0.05) is 19.1 Å². The summed E-state index contributed by atoms with van der Waals surface area (Å²) in [6, 6.07) is -0.436. The summed E-state index contributed by atoms with van der Waals surface area (Å²) in [4.78, 5) is 22.7. The predicted octanol–water partition coefficient (Wildman–Crippen LogP) is -0.663. The molecule has 0 saturated carbocycles. The van der Waals surface area contributed by atoms with Gasteiger partial charge in [0.2, 0.25) is 0 Å². The van der Waals surface area contributed by atoms with Crippen LogP contribution in [0, 0.1) is 11.8 Å². The van der Waals surface area contributed by atoms with Gasteiger partial charge in [0.1, 0.15) is 5.92 Å². The van der Waals surface area contributed by atoms with Crippen LogP contribution in [-0.4, -0.2) is 52.7 Å². The molecule has 1 atom stereocenters. The molecule has 1 rings (SSSR count). The Kier molecular flexibility index (Phi) is 5.24. The number of imide groups is 1. The Balaban J connectivity index is 2.67. The molecule has 0 radical (unpaired) electrons. The fourth-order valence-electron chi connectivity index (χ4n) is 1.81. The van der Waals surface area contributed by atoms with Gasteiger partial charge in [-0.15, -0.1) is 0 Å². The van der Waals surface area contributed by atoms with Crippen LogP contribution in [0.15, 0.2) is 0 Å². The van der Waals surface area contributed by atoms with Crippen molar-refractivity contribution in [2.75, 3.05) is 19.8 Å². The largest absolute Gasteiger partial charge is 0.498 e. The number of nitrogens with one attached hydrogen (secondary N) is 1. The lowest BCUT2D eigenvalue weighted by Crippen LogP contribution is -2.48. The van der Waals surface area contributed by atoms with E-state index in [9.17, 15) is 9.59 Å². The molecule has 17 heavy (non-hydrogen) atoms. The number of aliphatic hydroxyl groups is 2. The van der Waals surface area contributed by atoms with Gasteiger partial charge in [0.25, 0.3) is 0 Å². The number of carbonyl (C=O) groups is 2. The molecule has 0 bridgehead atoms. The first-order valence-electron chi connectivity index (χ1n) is 5.76. The summed E-state index contributed by atoms with van der Waals surface area (Å²) in [7, 11) is 0. The number of rotatable bonds is 6. The summed E-state index contributed by atoms with van der Waals surface area (Å²) < 4.78 is 1.45. The van der Waals surface area contributed by atoms with Crippen LogP contribution in [-0.2, 0) is 4.79 Å². The number of urea groups is 1. The highest BCUT2D eigenvalue weighted by Gasteiger charge is 2.32. The number of aliphatic hydroxyl groups excluding tert-OH is 2. The minimum Gasteiger partial charge on any atom is -0.396 e. The van der Waals surface area contributed by atoms with Gasteiger partial charge < -0.3 is 10.2 Å². The summed E-state index contributed by atoms with van der Waals surface area (Å²) in [5, 5.41) is 20.0. The Morgan fingerprint density at radius 1 is 1.35 bits per heavy atom. The molecule has 0 saturated heterocycles. The van der Waals surface area contributed by atoms with Crippen LogP contribution in [0.3, 0.4) is 0 Å². The molecule has 6 nitrogen and oxygen atoms in total. The topological polar surface area (TPSA) is 89.6 Å². The summed E-state index contributed by atoms with van der Waals surface area (Å²) in [6.07, 6.45) is 2.64. The molecule has 6 heteroatoms. The Hall–Kier alpha value is -1.27. The van der Waals surface area contributed by atoms with Gasteiger partial charge in [0.05, 0.1) is 12.8 Å². The molecular formula is C11H19N2O4+. The third-order valence-corrected chi connectivity index (χ3v) is 2.84. The quantitative estimate of drug-likeness (QED) is 0.540. The van der Waals surface area contributed by atoms with Crippen molar-refractivity contribution in [2.24, 2.45) is 11.8 Å². The van der Waals surface area contributed by atoms with Gasteiger partial charge in [0.15, 0.2) is 0 Å². The van der Waals surface area contributed by atoms with Gasteiger partial charge >= 0.3 is 11.9 Å². The molecule has 0 fully saturated rings.